The van der Waals surface area contributed by atoms with Crippen LogP contribution < -0.4 is 10.6 Å². The van der Waals surface area contributed by atoms with E-state index in [4.69, 9.17) is 0 Å². The van der Waals surface area contributed by atoms with Crippen LogP contribution in [0.15, 0.2) is 65.8 Å². The highest BCUT2D eigenvalue weighted by Gasteiger charge is 2.09. The van der Waals surface area contributed by atoms with Gasteiger partial charge in [-0.05, 0) is 61.6 Å². The molecule has 0 aliphatic carbocycles. The van der Waals surface area contributed by atoms with Crippen molar-refractivity contribution in [2.45, 2.75) is 26.2 Å². The third-order valence-corrected chi connectivity index (χ3v) is 5.45. The lowest BCUT2D eigenvalue weighted by atomic mass is 10.1. The fraction of sp³-hybridized carbons (Fsp3) is 0.346. The fourth-order valence-electron chi connectivity index (χ4n) is 3.60. The predicted octanol–water partition coefficient (Wildman–Crippen LogP) is 3.22. The van der Waals surface area contributed by atoms with Gasteiger partial charge in [0.25, 0.3) is 5.91 Å². The normalized spacial score (nSPS) is 11.3. The molecule has 2 N–H and O–H groups in total. The average Bonchev–Trinajstić information content (AvgIpc) is 3.21. The molecule has 2 aromatic carbocycles. The monoisotopic (exact) mass is 446 g/mol. The SMILES string of the molecule is CN=C(NCCCc1cn(-c2ccccc2)nc1C)NCCc1cccc(C(=O)N(C)C)c1. The minimum atomic E-state index is 0.0202. The van der Waals surface area contributed by atoms with Crippen molar-refractivity contribution in [3.05, 3.63) is 83.2 Å². The van der Waals surface area contributed by atoms with Crippen LogP contribution in [0, 0.1) is 6.92 Å². The number of carbonyl (C=O) groups is 1. The lowest BCUT2D eigenvalue weighted by Crippen LogP contribution is -2.38. The van der Waals surface area contributed by atoms with E-state index in [1.165, 1.54) is 5.56 Å². The van der Waals surface area contributed by atoms with E-state index in [0.717, 1.165) is 55.3 Å². The number of amides is 1. The molecule has 7 nitrogen and oxygen atoms in total. The van der Waals surface area contributed by atoms with Gasteiger partial charge < -0.3 is 15.5 Å². The van der Waals surface area contributed by atoms with Crippen LogP contribution in [-0.4, -0.2) is 60.8 Å². The molecule has 33 heavy (non-hydrogen) atoms. The highest BCUT2D eigenvalue weighted by Crippen LogP contribution is 2.13. The molecule has 0 fully saturated rings. The zero-order valence-electron chi connectivity index (χ0n) is 20.0. The van der Waals surface area contributed by atoms with Crippen LogP contribution in [0.25, 0.3) is 5.69 Å². The summed E-state index contributed by atoms with van der Waals surface area (Å²) >= 11 is 0. The van der Waals surface area contributed by atoms with Gasteiger partial charge in [-0.2, -0.15) is 5.10 Å². The number of carbonyl (C=O) groups excluding carboxylic acids is 1. The summed E-state index contributed by atoms with van der Waals surface area (Å²) in [6.45, 7) is 3.62. The largest absolute Gasteiger partial charge is 0.356 e. The zero-order chi connectivity index (χ0) is 23.6. The van der Waals surface area contributed by atoms with Crippen molar-refractivity contribution in [1.82, 2.24) is 25.3 Å². The molecule has 0 spiro atoms. The first kappa shape index (κ1) is 24.0. The Morgan fingerprint density at radius 3 is 2.52 bits per heavy atom. The standard InChI is InChI=1S/C26H34N6O/c1-20-23(19-32(30-20)24-13-6-5-7-14-24)12-9-16-28-26(27-2)29-17-15-21-10-8-11-22(18-21)25(33)31(3)4/h5-8,10-11,13-14,18-19H,9,12,15-17H2,1-4H3,(H2,27,28,29). The third kappa shape index (κ3) is 6.94. The summed E-state index contributed by atoms with van der Waals surface area (Å²) in [5.41, 5.74) is 5.24. The smallest absolute Gasteiger partial charge is 0.253 e. The first-order valence-electron chi connectivity index (χ1n) is 11.3. The number of hydrogen-bond acceptors (Lipinski definition) is 3. The second-order valence-corrected chi connectivity index (χ2v) is 8.20. The Balaban J connectivity index is 1.41. The fourth-order valence-corrected chi connectivity index (χ4v) is 3.60. The third-order valence-electron chi connectivity index (χ3n) is 5.45. The number of hydrogen-bond donors (Lipinski definition) is 2. The maximum Gasteiger partial charge on any atom is 0.253 e. The molecule has 3 aromatic rings. The van der Waals surface area contributed by atoms with Crippen LogP contribution in [0.2, 0.25) is 0 Å². The van der Waals surface area contributed by atoms with Gasteiger partial charge in [-0.15, -0.1) is 0 Å². The molecule has 3 rings (SSSR count). The van der Waals surface area contributed by atoms with E-state index < -0.39 is 0 Å². The molecule has 1 amide bonds. The Morgan fingerprint density at radius 2 is 1.79 bits per heavy atom. The van der Waals surface area contributed by atoms with Gasteiger partial charge in [0.15, 0.2) is 5.96 Å². The molecule has 0 radical (unpaired) electrons. The van der Waals surface area contributed by atoms with E-state index in [-0.39, 0.29) is 5.91 Å². The Morgan fingerprint density at radius 1 is 1.03 bits per heavy atom. The Hall–Kier alpha value is -3.61. The topological polar surface area (TPSA) is 74.5 Å². The maximum absolute atomic E-state index is 12.1. The average molecular weight is 447 g/mol. The summed E-state index contributed by atoms with van der Waals surface area (Å²) in [6, 6.07) is 18.0. The van der Waals surface area contributed by atoms with Gasteiger partial charge in [0.1, 0.15) is 0 Å². The quantitative estimate of drug-likeness (QED) is 0.301. The van der Waals surface area contributed by atoms with Gasteiger partial charge in [0.05, 0.1) is 11.4 Å². The minimum absolute atomic E-state index is 0.0202. The van der Waals surface area contributed by atoms with Gasteiger partial charge in [-0.25, -0.2) is 4.68 Å². The van der Waals surface area contributed by atoms with Crippen molar-refractivity contribution in [2.75, 3.05) is 34.2 Å². The molecular weight excluding hydrogens is 412 g/mol. The Bertz CT molecular complexity index is 1070. The van der Waals surface area contributed by atoms with Crippen LogP contribution >= 0.6 is 0 Å². The van der Waals surface area contributed by atoms with E-state index in [1.807, 2.05) is 47.1 Å². The molecule has 0 saturated carbocycles. The first-order chi connectivity index (χ1) is 16.0. The van der Waals surface area contributed by atoms with E-state index in [2.05, 4.69) is 46.0 Å². The second kappa shape index (κ2) is 11.9. The molecule has 0 aliphatic heterocycles. The van der Waals surface area contributed by atoms with E-state index in [1.54, 1.807) is 26.0 Å². The molecule has 174 valence electrons. The number of para-hydroxylation sites is 1. The van der Waals surface area contributed by atoms with Crippen LogP contribution in [0.5, 0.6) is 0 Å². The molecule has 7 heteroatoms. The second-order valence-electron chi connectivity index (χ2n) is 8.20. The van der Waals surface area contributed by atoms with Crippen LogP contribution in [0.1, 0.15) is 33.6 Å². The van der Waals surface area contributed by atoms with Crippen molar-refractivity contribution in [1.29, 1.82) is 0 Å². The highest BCUT2D eigenvalue weighted by atomic mass is 16.2. The zero-order valence-corrected chi connectivity index (χ0v) is 20.0. The van der Waals surface area contributed by atoms with E-state index in [9.17, 15) is 4.79 Å². The highest BCUT2D eigenvalue weighted by molar-refractivity contribution is 5.94. The van der Waals surface area contributed by atoms with E-state index >= 15 is 0 Å². The maximum atomic E-state index is 12.1. The Labute approximate surface area is 196 Å². The molecule has 1 heterocycles. The predicted molar refractivity (Wildman–Crippen MR) is 134 cm³/mol. The number of guanidine groups is 1. The Kier molecular flexibility index (Phi) is 8.63. The summed E-state index contributed by atoms with van der Waals surface area (Å²) < 4.78 is 1.94. The first-order valence-corrected chi connectivity index (χ1v) is 11.3. The molecule has 1 aromatic heterocycles. The summed E-state index contributed by atoms with van der Waals surface area (Å²) in [5.74, 6) is 0.805. The van der Waals surface area contributed by atoms with Crippen LogP contribution in [-0.2, 0) is 12.8 Å². The minimum Gasteiger partial charge on any atom is -0.356 e. The number of aryl methyl sites for hydroxylation is 2. The molecule has 0 bridgehead atoms. The van der Waals surface area contributed by atoms with Crippen molar-refractivity contribution < 1.29 is 4.79 Å². The van der Waals surface area contributed by atoms with Crippen LogP contribution in [0.4, 0.5) is 0 Å². The summed E-state index contributed by atoms with van der Waals surface area (Å²) in [7, 11) is 5.31. The van der Waals surface area contributed by atoms with Crippen molar-refractivity contribution >= 4 is 11.9 Å². The molecule has 0 saturated heterocycles. The van der Waals surface area contributed by atoms with Crippen molar-refractivity contribution in [3.63, 3.8) is 0 Å². The summed E-state index contributed by atoms with van der Waals surface area (Å²) in [6.07, 6.45) is 4.87. The van der Waals surface area contributed by atoms with Crippen molar-refractivity contribution in [2.24, 2.45) is 4.99 Å². The number of aromatic nitrogens is 2. The summed E-state index contributed by atoms with van der Waals surface area (Å²) in [5, 5.41) is 11.4. The molecular formula is C26H34N6O. The van der Waals surface area contributed by atoms with Gasteiger partial charge >= 0.3 is 0 Å². The van der Waals surface area contributed by atoms with Gasteiger partial charge in [-0.3, -0.25) is 9.79 Å². The number of rotatable bonds is 9. The van der Waals surface area contributed by atoms with Crippen LogP contribution in [0.3, 0.4) is 0 Å². The van der Waals surface area contributed by atoms with E-state index in [0.29, 0.717) is 5.56 Å². The van der Waals surface area contributed by atoms with Crippen molar-refractivity contribution in [3.8, 4) is 5.69 Å². The number of nitrogens with one attached hydrogen (secondary N) is 2. The number of aliphatic imine (C=N–C) groups is 1. The number of benzene rings is 2. The lowest BCUT2D eigenvalue weighted by molar-refractivity contribution is 0.0827. The molecule has 0 atom stereocenters. The summed E-state index contributed by atoms with van der Waals surface area (Å²) in [4.78, 5) is 18.1. The molecule has 0 aliphatic rings. The van der Waals surface area contributed by atoms with Gasteiger partial charge in [0, 0.05) is 46.0 Å². The van der Waals surface area contributed by atoms with Gasteiger partial charge in [0.2, 0.25) is 0 Å². The number of nitrogens with zero attached hydrogens (tertiary/aromatic N) is 4. The lowest BCUT2D eigenvalue weighted by Gasteiger charge is -2.13. The van der Waals surface area contributed by atoms with Gasteiger partial charge in [-0.1, -0.05) is 30.3 Å². The molecule has 0 unspecified atom stereocenters.